The highest BCUT2D eigenvalue weighted by Crippen LogP contribution is 2.27. The van der Waals surface area contributed by atoms with Gasteiger partial charge in [0.1, 0.15) is 0 Å². The number of hydrogen-bond donors (Lipinski definition) is 1. The van der Waals surface area contributed by atoms with E-state index in [9.17, 15) is 9.90 Å². The van der Waals surface area contributed by atoms with Crippen LogP contribution in [-0.4, -0.2) is 16.7 Å². The Bertz CT molecular complexity index is 411. The number of rotatable bonds is 4. The molecule has 0 bridgehead atoms. The van der Waals surface area contributed by atoms with Crippen molar-refractivity contribution < 1.29 is 14.6 Å². The van der Waals surface area contributed by atoms with E-state index in [1.165, 1.54) is 0 Å². The van der Waals surface area contributed by atoms with Crippen LogP contribution in [0, 0.1) is 0 Å². The molecule has 3 heteroatoms. The Morgan fingerprint density at radius 1 is 1.35 bits per heavy atom. The number of hydrogen-bond acceptors (Lipinski definition) is 2. The van der Waals surface area contributed by atoms with Crippen LogP contribution in [0.3, 0.4) is 0 Å². The Balaban J connectivity index is 2.07. The first-order valence-corrected chi connectivity index (χ1v) is 5.82. The van der Waals surface area contributed by atoms with Gasteiger partial charge in [-0.15, -0.1) is 0 Å². The third-order valence-corrected chi connectivity index (χ3v) is 3.01. The molecule has 0 fully saturated rings. The van der Waals surface area contributed by atoms with Gasteiger partial charge in [-0.1, -0.05) is 36.4 Å². The molecule has 0 heterocycles. The van der Waals surface area contributed by atoms with Crippen molar-refractivity contribution in [1.82, 2.24) is 0 Å². The maximum atomic E-state index is 11.3. The number of aliphatic carboxylic acids is 1. The van der Waals surface area contributed by atoms with Crippen LogP contribution >= 0.6 is 0 Å². The van der Waals surface area contributed by atoms with Crippen LogP contribution in [0.2, 0.25) is 0 Å². The Kier molecular flexibility index (Phi) is 3.59. The van der Waals surface area contributed by atoms with Gasteiger partial charge in [0.05, 0.1) is 6.61 Å². The molecule has 1 aliphatic rings. The molecule has 1 unspecified atom stereocenters. The van der Waals surface area contributed by atoms with E-state index < -0.39 is 11.6 Å². The standard InChI is InChI=1S/C14H16O3/c15-13(16)14(9-5-2-6-10-14)17-11-12-7-3-1-4-8-12/h1,3-5,7-9H,2,6,10-11H2,(H,15,16). The summed E-state index contributed by atoms with van der Waals surface area (Å²) in [6.45, 7) is 0.331. The quantitative estimate of drug-likeness (QED) is 0.812. The van der Waals surface area contributed by atoms with Gasteiger partial charge in [0.2, 0.25) is 0 Å². The highest BCUT2D eigenvalue weighted by Gasteiger charge is 2.37. The summed E-state index contributed by atoms with van der Waals surface area (Å²) in [5.74, 6) is -0.899. The highest BCUT2D eigenvalue weighted by molar-refractivity contribution is 5.80. The van der Waals surface area contributed by atoms with Gasteiger partial charge in [-0.3, -0.25) is 0 Å². The molecule has 3 nitrogen and oxygen atoms in total. The first-order valence-electron chi connectivity index (χ1n) is 5.82. The zero-order valence-corrected chi connectivity index (χ0v) is 9.63. The molecular formula is C14H16O3. The summed E-state index contributed by atoms with van der Waals surface area (Å²) in [5, 5.41) is 9.29. The van der Waals surface area contributed by atoms with Crippen LogP contribution in [0.25, 0.3) is 0 Å². The number of carboxylic acids is 1. The number of carboxylic acid groups (broad SMARTS) is 1. The van der Waals surface area contributed by atoms with Crippen molar-refractivity contribution in [2.75, 3.05) is 0 Å². The minimum atomic E-state index is -1.13. The number of allylic oxidation sites excluding steroid dienone is 1. The van der Waals surface area contributed by atoms with Gasteiger partial charge >= 0.3 is 5.97 Å². The van der Waals surface area contributed by atoms with Crippen molar-refractivity contribution in [3.05, 3.63) is 48.0 Å². The van der Waals surface area contributed by atoms with Crippen LogP contribution < -0.4 is 0 Å². The molecule has 90 valence electrons. The molecule has 0 aromatic heterocycles. The van der Waals surface area contributed by atoms with Crippen molar-refractivity contribution >= 4 is 5.97 Å². The van der Waals surface area contributed by atoms with Crippen LogP contribution in [0.4, 0.5) is 0 Å². The van der Waals surface area contributed by atoms with Crippen molar-refractivity contribution in [2.24, 2.45) is 0 Å². The molecule has 0 radical (unpaired) electrons. The first-order chi connectivity index (χ1) is 8.23. The smallest absolute Gasteiger partial charge is 0.340 e. The maximum absolute atomic E-state index is 11.3. The first kappa shape index (κ1) is 11.9. The lowest BCUT2D eigenvalue weighted by Crippen LogP contribution is -2.40. The molecule has 1 N–H and O–H groups in total. The highest BCUT2D eigenvalue weighted by atomic mass is 16.5. The second-order valence-corrected chi connectivity index (χ2v) is 4.26. The third-order valence-electron chi connectivity index (χ3n) is 3.01. The van der Waals surface area contributed by atoms with Crippen LogP contribution in [-0.2, 0) is 16.1 Å². The molecule has 0 saturated heterocycles. The summed E-state index contributed by atoms with van der Waals surface area (Å²) < 4.78 is 5.63. The maximum Gasteiger partial charge on any atom is 0.340 e. The average Bonchev–Trinajstić information content (AvgIpc) is 2.38. The zero-order valence-electron chi connectivity index (χ0n) is 9.63. The summed E-state index contributed by atoms with van der Waals surface area (Å²) >= 11 is 0. The molecule has 0 spiro atoms. The molecule has 0 amide bonds. The van der Waals surface area contributed by atoms with Gasteiger partial charge in [-0.05, 0) is 30.9 Å². The molecular weight excluding hydrogens is 216 g/mol. The monoisotopic (exact) mass is 232 g/mol. The number of carbonyl (C=O) groups is 1. The molecule has 17 heavy (non-hydrogen) atoms. The second-order valence-electron chi connectivity index (χ2n) is 4.26. The fourth-order valence-corrected chi connectivity index (χ4v) is 1.99. The summed E-state index contributed by atoms with van der Waals surface area (Å²) in [4.78, 5) is 11.3. The topological polar surface area (TPSA) is 46.5 Å². The molecule has 0 saturated carbocycles. The van der Waals surface area contributed by atoms with E-state index in [-0.39, 0.29) is 0 Å². The predicted octanol–water partition coefficient (Wildman–Crippen LogP) is 2.77. The molecule has 0 aliphatic heterocycles. The zero-order chi connectivity index (χ0) is 12.1. The van der Waals surface area contributed by atoms with Crippen molar-refractivity contribution in [2.45, 2.75) is 31.5 Å². The third kappa shape index (κ3) is 2.74. The molecule has 1 aromatic carbocycles. The van der Waals surface area contributed by atoms with Gasteiger partial charge in [0.25, 0.3) is 0 Å². The largest absolute Gasteiger partial charge is 0.479 e. The SMILES string of the molecule is O=C(O)C1(OCc2ccccc2)C=CCCC1. The fraction of sp³-hybridized carbons (Fsp3) is 0.357. The Hall–Kier alpha value is -1.61. The van der Waals surface area contributed by atoms with E-state index in [4.69, 9.17) is 4.74 Å². The number of benzene rings is 1. The van der Waals surface area contributed by atoms with E-state index >= 15 is 0 Å². The van der Waals surface area contributed by atoms with Crippen molar-refractivity contribution in [1.29, 1.82) is 0 Å². The van der Waals surface area contributed by atoms with Crippen LogP contribution in [0.5, 0.6) is 0 Å². The summed E-state index contributed by atoms with van der Waals surface area (Å²) in [6, 6.07) is 9.63. The van der Waals surface area contributed by atoms with E-state index in [1.54, 1.807) is 6.08 Å². The molecule has 1 aromatic rings. The van der Waals surface area contributed by atoms with E-state index in [0.717, 1.165) is 18.4 Å². The van der Waals surface area contributed by atoms with Crippen molar-refractivity contribution in [3.63, 3.8) is 0 Å². The normalized spacial score (nSPS) is 23.5. The van der Waals surface area contributed by atoms with E-state index in [1.807, 2.05) is 36.4 Å². The minimum absolute atomic E-state index is 0.331. The number of ether oxygens (including phenoxy) is 1. The summed E-state index contributed by atoms with van der Waals surface area (Å²) in [5.41, 5.74) is -0.138. The van der Waals surface area contributed by atoms with Gasteiger partial charge in [0, 0.05) is 0 Å². The summed E-state index contributed by atoms with van der Waals surface area (Å²) in [7, 11) is 0. The molecule has 1 atom stereocenters. The Morgan fingerprint density at radius 3 is 2.71 bits per heavy atom. The second kappa shape index (κ2) is 5.15. The lowest BCUT2D eigenvalue weighted by atomic mass is 9.91. The predicted molar refractivity (Wildman–Crippen MR) is 64.6 cm³/mol. The van der Waals surface area contributed by atoms with Gasteiger partial charge in [0.15, 0.2) is 5.60 Å². The van der Waals surface area contributed by atoms with Crippen LogP contribution in [0.1, 0.15) is 24.8 Å². The minimum Gasteiger partial charge on any atom is -0.479 e. The van der Waals surface area contributed by atoms with Crippen molar-refractivity contribution in [3.8, 4) is 0 Å². The van der Waals surface area contributed by atoms with Gasteiger partial charge in [-0.2, -0.15) is 0 Å². The van der Waals surface area contributed by atoms with E-state index in [2.05, 4.69) is 0 Å². The lowest BCUT2D eigenvalue weighted by molar-refractivity contribution is -0.162. The van der Waals surface area contributed by atoms with Crippen LogP contribution in [0.15, 0.2) is 42.5 Å². The van der Waals surface area contributed by atoms with Gasteiger partial charge < -0.3 is 9.84 Å². The average molecular weight is 232 g/mol. The molecule has 2 rings (SSSR count). The van der Waals surface area contributed by atoms with Gasteiger partial charge in [-0.25, -0.2) is 4.79 Å². The molecule has 1 aliphatic carbocycles. The van der Waals surface area contributed by atoms with E-state index in [0.29, 0.717) is 13.0 Å². The fourth-order valence-electron chi connectivity index (χ4n) is 1.99. The lowest BCUT2D eigenvalue weighted by Gasteiger charge is -2.28. The Morgan fingerprint density at radius 2 is 2.12 bits per heavy atom. The Labute approximate surface area is 101 Å². The summed E-state index contributed by atoms with van der Waals surface area (Å²) in [6.07, 6.45) is 5.91.